The molecule has 21 heavy (non-hydrogen) atoms. The van der Waals surface area contributed by atoms with E-state index in [0.717, 1.165) is 12.8 Å². The van der Waals surface area contributed by atoms with Crippen molar-refractivity contribution in [3.8, 4) is 0 Å². The third-order valence-electron chi connectivity index (χ3n) is 3.83. The Bertz CT molecular complexity index is 602. The maximum atomic E-state index is 12.9. The van der Waals surface area contributed by atoms with Gasteiger partial charge >= 0.3 is 0 Å². The van der Waals surface area contributed by atoms with Crippen LogP contribution in [0.2, 0.25) is 5.02 Å². The van der Waals surface area contributed by atoms with E-state index in [4.69, 9.17) is 22.1 Å². The quantitative estimate of drug-likeness (QED) is 0.778. The predicted molar refractivity (Wildman–Crippen MR) is 83.8 cm³/mol. The summed E-state index contributed by atoms with van der Waals surface area (Å²) in [5, 5.41) is 0.421. The Hall–Kier alpha value is -0.820. The van der Waals surface area contributed by atoms with Crippen molar-refractivity contribution >= 4 is 27.3 Å². The average molecular weight is 333 g/mol. The van der Waals surface area contributed by atoms with Gasteiger partial charge in [-0.25, -0.2) is 8.42 Å². The highest BCUT2D eigenvalue weighted by molar-refractivity contribution is 7.89. The van der Waals surface area contributed by atoms with Gasteiger partial charge in [0, 0.05) is 24.7 Å². The minimum absolute atomic E-state index is 0.0553. The van der Waals surface area contributed by atoms with Crippen LogP contribution in [0.3, 0.4) is 0 Å². The average Bonchev–Trinajstić information content (AvgIpc) is 3.22. The van der Waals surface area contributed by atoms with Gasteiger partial charge in [-0.2, -0.15) is 4.31 Å². The van der Waals surface area contributed by atoms with Gasteiger partial charge in [0.2, 0.25) is 10.0 Å². The van der Waals surface area contributed by atoms with E-state index in [1.165, 1.54) is 16.4 Å². The molecule has 0 aromatic heterocycles. The highest BCUT2D eigenvalue weighted by Gasteiger charge is 2.38. The van der Waals surface area contributed by atoms with Gasteiger partial charge in [-0.3, -0.25) is 0 Å². The van der Waals surface area contributed by atoms with Crippen molar-refractivity contribution in [1.29, 1.82) is 0 Å². The fourth-order valence-electron chi connectivity index (χ4n) is 2.42. The number of hydrogen-bond donors (Lipinski definition) is 1. The van der Waals surface area contributed by atoms with Gasteiger partial charge < -0.3 is 10.5 Å². The van der Waals surface area contributed by atoms with E-state index in [9.17, 15) is 8.42 Å². The predicted octanol–water partition coefficient (Wildman–Crippen LogP) is 2.36. The van der Waals surface area contributed by atoms with Crippen molar-refractivity contribution in [3.63, 3.8) is 0 Å². The van der Waals surface area contributed by atoms with Crippen LogP contribution in [-0.4, -0.2) is 39.0 Å². The molecule has 2 rings (SSSR count). The van der Waals surface area contributed by atoms with Crippen molar-refractivity contribution in [3.05, 3.63) is 23.2 Å². The molecule has 1 aromatic carbocycles. The molecule has 1 unspecified atom stereocenters. The lowest BCUT2D eigenvalue weighted by Crippen LogP contribution is -2.42. The molecule has 0 spiro atoms. The molecule has 1 atom stereocenters. The van der Waals surface area contributed by atoms with Crippen LogP contribution in [0, 0.1) is 5.92 Å². The van der Waals surface area contributed by atoms with Gasteiger partial charge in [0.05, 0.1) is 12.3 Å². The van der Waals surface area contributed by atoms with Crippen molar-refractivity contribution in [2.45, 2.75) is 30.7 Å². The first kappa shape index (κ1) is 16.5. The SMILES string of the molecule is COCCN(C(C)C1CC1)S(=O)(=O)c1ccc(Cl)cc1N. The van der Waals surface area contributed by atoms with Crippen LogP contribution in [-0.2, 0) is 14.8 Å². The van der Waals surface area contributed by atoms with Gasteiger partial charge in [-0.05, 0) is 43.9 Å². The molecule has 5 nitrogen and oxygen atoms in total. The number of ether oxygens (including phenoxy) is 1. The van der Waals surface area contributed by atoms with Gasteiger partial charge in [0.1, 0.15) is 4.90 Å². The van der Waals surface area contributed by atoms with Crippen molar-refractivity contribution in [2.75, 3.05) is 26.0 Å². The molecule has 118 valence electrons. The lowest BCUT2D eigenvalue weighted by atomic mass is 10.2. The Balaban J connectivity index is 2.35. The smallest absolute Gasteiger partial charge is 0.245 e. The largest absolute Gasteiger partial charge is 0.398 e. The van der Waals surface area contributed by atoms with Crippen molar-refractivity contribution in [2.24, 2.45) is 5.92 Å². The molecule has 2 N–H and O–H groups in total. The number of hydrogen-bond acceptors (Lipinski definition) is 4. The fraction of sp³-hybridized carbons (Fsp3) is 0.571. The Morgan fingerprint density at radius 3 is 2.67 bits per heavy atom. The third-order valence-corrected chi connectivity index (χ3v) is 6.13. The summed E-state index contributed by atoms with van der Waals surface area (Å²) >= 11 is 5.84. The van der Waals surface area contributed by atoms with E-state index >= 15 is 0 Å². The third kappa shape index (κ3) is 3.69. The topological polar surface area (TPSA) is 72.6 Å². The monoisotopic (exact) mass is 332 g/mol. The second-order valence-corrected chi connectivity index (χ2v) is 7.66. The fourth-order valence-corrected chi connectivity index (χ4v) is 4.37. The molecule has 1 aliphatic rings. The molecular weight excluding hydrogens is 312 g/mol. The molecule has 0 aliphatic heterocycles. The van der Waals surface area contributed by atoms with Crippen LogP contribution < -0.4 is 5.73 Å². The molecule has 0 saturated heterocycles. The Morgan fingerprint density at radius 1 is 1.48 bits per heavy atom. The zero-order valence-corrected chi connectivity index (χ0v) is 13.8. The van der Waals surface area contributed by atoms with Gasteiger partial charge in [-0.1, -0.05) is 11.6 Å². The first-order chi connectivity index (χ1) is 9.87. The van der Waals surface area contributed by atoms with E-state index in [0.29, 0.717) is 24.1 Å². The van der Waals surface area contributed by atoms with Gasteiger partial charge in [0.15, 0.2) is 0 Å². The number of anilines is 1. The van der Waals surface area contributed by atoms with Gasteiger partial charge in [-0.15, -0.1) is 0 Å². The number of benzene rings is 1. The summed E-state index contributed by atoms with van der Waals surface area (Å²) in [6.45, 7) is 2.61. The zero-order chi connectivity index (χ0) is 15.6. The van der Waals surface area contributed by atoms with E-state index in [2.05, 4.69) is 0 Å². The molecule has 1 aromatic rings. The van der Waals surface area contributed by atoms with E-state index < -0.39 is 10.0 Å². The normalized spacial score (nSPS) is 17.1. The summed E-state index contributed by atoms with van der Waals surface area (Å²) in [7, 11) is -2.10. The molecule has 0 radical (unpaired) electrons. The molecule has 1 fully saturated rings. The molecule has 0 bridgehead atoms. The number of methoxy groups -OCH3 is 1. The lowest BCUT2D eigenvalue weighted by Gasteiger charge is -2.28. The van der Waals surface area contributed by atoms with Crippen LogP contribution in [0.25, 0.3) is 0 Å². The maximum Gasteiger partial charge on any atom is 0.245 e. The lowest BCUT2D eigenvalue weighted by molar-refractivity contribution is 0.164. The standard InChI is InChI=1S/C14H21ClN2O3S/c1-10(11-3-4-11)17(7-8-20-2)21(18,19)14-6-5-12(15)9-13(14)16/h5-6,9-11H,3-4,7-8,16H2,1-2H3. The summed E-state index contributed by atoms with van der Waals surface area (Å²) in [5.41, 5.74) is 6.02. The van der Waals surface area contributed by atoms with Crippen molar-refractivity contribution < 1.29 is 13.2 Å². The summed E-state index contributed by atoms with van der Waals surface area (Å²) in [6.07, 6.45) is 2.13. The minimum atomic E-state index is -3.66. The number of sulfonamides is 1. The zero-order valence-electron chi connectivity index (χ0n) is 12.3. The van der Waals surface area contributed by atoms with Gasteiger partial charge in [0.25, 0.3) is 0 Å². The Labute approximate surface area is 131 Å². The molecule has 1 aliphatic carbocycles. The molecule has 7 heteroatoms. The Kier molecular flexibility index (Phi) is 5.14. The van der Waals surface area contributed by atoms with E-state index in [-0.39, 0.29) is 16.6 Å². The Morgan fingerprint density at radius 2 is 2.14 bits per heavy atom. The molecule has 0 amide bonds. The van der Waals surface area contributed by atoms with Crippen LogP contribution in [0.4, 0.5) is 5.69 Å². The number of rotatable bonds is 7. The molecular formula is C14H21ClN2O3S. The summed E-state index contributed by atoms with van der Waals surface area (Å²) in [6, 6.07) is 4.42. The second-order valence-electron chi connectivity index (χ2n) is 5.37. The van der Waals surface area contributed by atoms with E-state index in [1.54, 1.807) is 13.2 Å². The van der Waals surface area contributed by atoms with Crippen LogP contribution >= 0.6 is 11.6 Å². The van der Waals surface area contributed by atoms with Crippen LogP contribution in [0.1, 0.15) is 19.8 Å². The van der Waals surface area contributed by atoms with Crippen LogP contribution in [0.5, 0.6) is 0 Å². The first-order valence-electron chi connectivity index (χ1n) is 6.93. The summed E-state index contributed by atoms with van der Waals surface area (Å²) < 4.78 is 32.3. The second kappa shape index (κ2) is 6.52. The molecule has 1 saturated carbocycles. The van der Waals surface area contributed by atoms with E-state index in [1.807, 2.05) is 6.92 Å². The highest BCUT2D eigenvalue weighted by atomic mass is 35.5. The highest BCUT2D eigenvalue weighted by Crippen LogP contribution is 2.37. The number of nitrogens with zero attached hydrogens (tertiary/aromatic N) is 1. The number of nitrogen functional groups attached to an aromatic ring is 1. The summed E-state index contributed by atoms with van der Waals surface area (Å²) in [5.74, 6) is 0.421. The maximum absolute atomic E-state index is 12.9. The first-order valence-corrected chi connectivity index (χ1v) is 8.75. The molecule has 0 heterocycles. The van der Waals surface area contributed by atoms with Crippen LogP contribution in [0.15, 0.2) is 23.1 Å². The van der Waals surface area contributed by atoms with Crippen molar-refractivity contribution in [1.82, 2.24) is 4.31 Å². The minimum Gasteiger partial charge on any atom is -0.398 e. The summed E-state index contributed by atoms with van der Waals surface area (Å²) in [4.78, 5) is 0.107. The number of nitrogens with two attached hydrogens (primary N) is 1. The number of halogens is 1.